The van der Waals surface area contributed by atoms with Gasteiger partial charge in [0, 0.05) is 17.7 Å². The molecule has 1 aliphatic heterocycles. The predicted octanol–water partition coefficient (Wildman–Crippen LogP) is 5.93. The van der Waals surface area contributed by atoms with Crippen LogP contribution >= 0.6 is 11.8 Å². The number of hydrogen-bond donors (Lipinski definition) is 1. The lowest BCUT2D eigenvalue weighted by molar-refractivity contribution is -0.123. The summed E-state index contributed by atoms with van der Waals surface area (Å²) in [6, 6.07) is 24.1. The Morgan fingerprint density at radius 2 is 1.82 bits per heavy atom. The fourth-order valence-corrected chi connectivity index (χ4v) is 5.83. The molecule has 8 heteroatoms. The van der Waals surface area contributed by atoms with E-state index in [1.54, 1.807) is 10.7 Å². The molecule has 1 aromatic heterocycles. The number of nitrogens with one attached hydrogen (secondary N) is 1. The van der Waals surface area contributed by atoms with Crippen molar-refractivity contribution in [1.29, 1.82) is 0 Å². The molecular weight excluding hydrogens is 511 g/mol. The van der Waals surface area contributed by atoms with E-state index >= 15 is 0 Å². The highest BCUT2D eigenvalue weighted by atomic mass is 32.2. The van der Waals surface area contributed by atoms with Crippen molar-refractivity contribution in [3.05, 3.63) is 101 Å². The second-order valence-corrected chi connectivity index (χ2v) is 11.2. The number of aromatic nitrogens is 2. The van der Waals surface area contributed by atoms with Crippen LogP contribution < -0.4 is 10.2 Å². The van der Waals surface area contributed by atoms with Crippen LogP contribution in [-0.2, 0) is 9.59 Å². The third-order valence-electron chi connectivity index (χ3n) is 6.58. The fourth-order valence-electron chi connectivity index (χ4n) is 4.64. The molecule has 0 saturated heterocycles. The summed E-state index contributed by atoms with van der Waals surface area (Å²) >= 11 is 1.42. The number of amides is 2. The summed E-state index contributed by atoms with van der Waals surface area (Å²) in [5.74, 6) is 0.155. The molecule has 1 N–H and O–H groups in total. The molecule has 4 aromatic rings. The largest absolute Gasteiger partial charge is 0.354 e. The molecular formula is C31H31FN4O2S. The van der Waals surface area contributed by atoms with Gasteiger partial charge in [-0.2, -0.15) is 5.10 Å². The maximum atomic E-state index is 14.4. The van der Waals surface area contributed by atoms with Gasteiger partial charge in [0.1, 0.15) is 18.2 Å². The topological polar surface area (TPSA) is 67.2 Å². The van der Waals surface area contributed by atoms with Gasteiger partial charge < -0.3 is 5.32 Å². The van der Waals surface area contributed by atoms with Crippen LogP contribution in [0.4, 0.5) is 10.2 Å². The van der Waals surface area contributed by atoms with E-state index in [0.29, 0.717) is 18.1 Å². The number of halogens is 1. The first-order valence-electron chi connectivity index (χ1n) is 13.0. The van der Waals surface area contributed by atoms with Crippen molar-refractivity contribution < 1.29 is 14.0 Å². The van der Waals surface area contributed by atoms with Gasteiger partial charge in [-0.1, -0.05) is 74.0 Å². The first-order valence-corrected chi connectivity index (χ1v) is 14.1. The van der Waals surface area contributed by atoms with Crippen LogP contribution in [0.3, 0.4) is 0 Å². The third kappa shape index (κ3) is 5.76. The van der Waals surface area contributed by atoms with Crippen molar-refractivity contribution in [3.63, 3.8) is 0 Å². The Labute approximate surface area is 232 Å². The van der Waals surface area contributed by atoms with E-state index in [9.17, 15) is 14.0 Å². The molecule has 2 amide bonds. The van der Waals surface area contributed by atoms with Gasteiger partial charge in [-0.05, 0) is 42.7 Å². The van der Waals surface area contributed by atoms with Gasteiger partial charge in [-0.25, -0.2) is 9.07 Å². The standard InChI is InChI=1S/C31H31FN4O2S/c1-20(2)17-33-26(37)18-35-27(38)19-39-30(23-10-7-11-24(32)16-23)28-29(22-8-5-4-6-9-22)34-36(31(28)35)25-14-12-21(3)13-15-25/h4-16,20,30H,17-19H2,1-3H3,(H,33,37)/t30-/m1/s1. The molecule has 0 saturated carbocycles. The minimum absolute atomic E-state index is 0.134. The van der Waals surface area contributed by atoms with Gasteiger partial charge in [0.25, 0.3) is 0 Å². The maximum Gasteiger partial charge on any atom is 0.240 e. The molecule has 39 heavy (non-hydrogen) atoms. The highest BCUT2D eigenvalue weighted by Gasteiger charge is 2.37. The SMILES string of the molecule is Cc1ccc(-n2nc(-c3ccccc3)c3c2N(CC(=O)NCC(C)C)C(=O)CS[C@@H]3c2cccc(F)c2)cc1. The molecule has 6 nitrogen and oxygen atoms in total. The minimum atomic E-state index is -0.377. The van der Waals surface area contributed by atoms with Crippen molar-refractivity contribution in [3.8, 4) is 16.9 Å². The Morgan fingerprint density at radius 1 is 1.08 bits per heavy atom. The van der Waals surface area contributed by atoms with E-state index in [-0.39, 0.29) is 41.1 Å². The third-order valence-corrected chi connectivity index (χ3v) is 7.83. The van der Waals surface area contributed by atoms with E-state index in [0.717, 1.165) is 27.9 Å². The Morgan fingerprint density at radius 3 is 2.51 bits per heavy atom. The molecule has 0 fully saturated rings. The minimum Gasteiger partial charge on any atom is -0.354 e. The molecule has 0 aliphatic carbocycles. The average Bonchev–Trinajstić information content (AvgIpc) is 3.25. The summed E-state index contributed by atoms with van der Waals surface area (Å²) in [5.41, 5.74) is 4.94. The Bertz CT molecular complexity index is 1480. The summed E-state index contributed by atoms with van der Waals surface area (Å²) in [6.45, 7) is 6.43. The molecule has 5 rings (SSSR count). The molecule has 200 valence electrons. The van der Waals surface area contributed by atoms with Crippen LogP contribution in [0.5, 0.6) is 0 Å². The molecule has 0 radical (unpaired) electrons. The van der Waals surface area contributed by atoms with E-state index < -0.39 is 0 Å². The Hall–Kier alpha value is -3.91. The van der Waals surface area contributed by atoms with E-state index in [1.165, 1.54) is 28.8 Å². The number of thioether (sulfide) groups is 1. The number of rotatable bonds is 7. The van der Waals surface area contributed by atoms with Crippen LogP contribution in [0, 0.1) is 18.7 Å². The average molecular weight is 543 g/mol. The summed E-state index contributed by atoms with van der Waals surface area (Å²) in [5, 5.41) is 7.61. The number of anilines is 1. The highest BCUT2D eigenvalue weighted by Crippen LogP contribution is 2.48. The zero-order chi connectivity index (χ0) is 27.5. The molecule has 0 spiro atoms. The predicted molar refractivity (Wildman–Crippen MR) is 155 cm³/mol. The highest BCUT2D eigenvalue weighted by molar-refractivity contribution is 8.00. The number of carbonyl (C=O) groups excluding carboxylic acids is 2. The number of nitrogens with zero attached hydrogens (tertiary/aromatic N) is 3. The molecule has 0 unspecified atom stereocenters. The lowest BCUT2D eigenvalue weighted by atomic mass is 9.99. The lowest BCUT2D eigenvalue weighted by Crippen LogP contribution is -2.43. The van der Waals surface area contributed by atoms with Gasteiger partial charge in [0.15, 0.2) is 0 Å². The van der Waals surface area contributed by atoms with Crippen LogP contribution in [0.1, 0.15) is 35.8 Å². The summed E-state index contributed by atoms with van der Waals surface area (Å²) in [6.07, 6.45) is 0. The fraction of sp³-hybridized carbons (Fsp3) is 0.258. The zero-order valence-electron chi connectivity index (χ0n) is 22.2. The van der Waals surface area contributed by atoms with E-state index in [1.807, 2.05) is 81.4 Å². The molecule has 0 bridgehead atoms. The van der Waals surface area contributed by atoms with Gasteiger partial charge >= 0.3 is 0 Å². The monoisotopic (exact) mass is 542 g/mol. The molecule has 1 aliphatic rings. The lowest BCUT2D eigenvalue weighted by Gasteiger charge is -2.23. The first-order chi connectivity index (χ1) is 18.8. The van der Waals surface area contributed by atoms with Crippen LogP contribution in [0.25, 0.3) is 16.9 Å². The first kappa shape index (κ1) is 26.7. The molecule has 3 aromatic carbocycles. The van der Waals surface area contributed by atoms with E-state index in [2.05, 4.69) is 5.32 Å². The number of benzene rings is 3. The van der Waals surface area contributed by atoms with Crippen LogP contribution in [-0.4, -0.2) is 40.4 Å². The van der Waals surface area contributed by atoms with Crippen LogP contribution in [0.2, 0.25) is 0 Å². The normalized spacial score (nSPS) is 15.3. The second kappa shape index (κ2) is 11.5. The Kier molecular flexibility index (Phi) is 7.84. The second-order valence-electron chi connectivity index (χ2n) is 10.1. The van der Waals surface area contributed by atoms with Crippen molar-refractivity contribution in [1.82, 2.24) is 15.1 Å². The number of hydrogen-bond acceptors (Lipinski definition) is 4. The van der Waals surface area contributed by atoms with Gasteiger partial charge in [-0.3, -0.25) is 14.5 Å². The number of carbonyl (C=O) groups is 2. The number of aryl methyl sites for hydroxylation is 1. The summed E-state index contributed by atoms with van der Waals surface area (Å²) < 4.78 is 16.2. The Balaban J connectivity index is 1.76. The van der Waals surface area contributed by atoms with Gasteiger partial charge in [0.05, 0.1) is 22.4 Å². The van der Waals surface area contributed by atoms with Gasteiger partial charge in [0.2, 0.25) is 11.8 Å². The molecule has 1 atom stereocenters. The maximum absolute atomic E-state index is 14.4. The van der Waals surface area contributed by atoms with Crippen molar-refractivity contribution in [2.45, 2.75) is 26.0 Å². The number of fused-ring (bicyclic) bond motifs is 1. The zero-order valence-corrected chi connectivity index (χ0v) is 23.0. The molecule has 2 heterocycles. The van der Waals surface area contributed by atoms with Gasteiger partial charge in [-0.15, -0.1) is 11.8 Å². The van der Waals surface area contributed by atoms with Crippen LogP contribution in [0.15, 0.2) is 78.9 Å². The van der Waals surface area contributed by atoms with Crippen molar-refractivity contribution >= 4 is 29.4 Å². The smallest absolute Gasteiger partial charge is 0.240 e. The quantitative estimate of drug-likeness (QED) is 0.314. The van der Waals surface area contributed by atoms with Crippen molar-refractivity contribution in [2.24, 2.45) is 5.92 Å². The summed E-state index contributed by atoms with van der Waals surface area (Å²) in [7, 11) is 0. The summed E-state index contributed by atoms with van der Waals surface area (Å²) in [4.78, 5) is 28.3. The van der Waals surface area contributed by atoms with E-state index in [4.69, 9.17) is 5.10 Å². The van der Waals surface area contributed by atoms with Crippen molar-refractivity contribution in [2.75, 3.05) is 23.7 Å².